The second-order valence-corrected chi connectivity index (χ2v) is 6.71. The molecule has 0 bridgehead atoms. The lowest BCUT2D eigenvalue weighted by molar-refractivity contribution is 0.190. The van der Waals surface area contributed by atoms with Gasteiger partial charge in [-0.2, -0.15) is 0 Å². The van der Waals surface area contributed by atoms with Crippen LogP contribution in [-0.4, -0.2) is 18.3 Å². The summed E-state index contributed by atoms with van der Waals surface area (Å²) in [6.45, 7) is 0.773. The summed E-state index contributed by atoms with van der Waals surface area (Å²) < 4.78 is 7.83. The molecule has 0 heterocycles. The predicted octanol–water partition coefficient (Wildman–Crippen LogP) is 4.83. The molecule has 21 heavy (non-hydrogen) atoms. The van der Waals surface area contributed by atoms with Crippen molar-refractivity contribution in [2.75, 3.05) is 13.2 Å². The first-order valence-electron chi connectivity index (χ1n) is 6.91. The van der Waals surface area contributed by atoms with E-state index in [1.54, 1.807) is 0 Å². The molecule has 4 heteroatoms. The third-order valence-corrected chi connectivity index (χ3v) is 4.58. The molecule has 0 aliphatic carbocycles. The van der Waals surface area contributed by atoms with Crippen molar-refractivity contribution in [3.05, 3.63) is 63.0 Å². The number of halogens is 2. The highest BCUT2D eigenvalue weighted by molar-refractivity contribution is 9.10. The number of aliphatic hydroxyl groups excluding tert-OH is 1. The summed E-state index contributed by atoms with van der Waals surface area (Å²) in [7, 11) is 0. The topological polar surface area (TPSA) is 29.5 Å². The van der Waals surface area contributed by atoms with Crippen molar-refractivity contribution < 1.29 is 9.84 Å². The molecule has 0 aromatic heterocycles. The van der Waals surface area contributed by atoms with Crippen molar-refractivity contribution in [3.8, 4) is 5.75 Å². The molecule has 112 valence electrons. The number of rotatable bonds is 7. The number of ether oxygens (including phenoxy) is 1. The molecule has 0 fully saturated rings. The van der Waals surface area contributed by atoms with Crippen LogP contribution in [0.3, 0.4) is 0 Å². The largest absolute Gasteiger partial charge is 0.494 e. The Labute approximate surface area is 142 Å². The molecule has 2 aromatic carbocycles. The van der Waals surface area contributed by atoms with Crippen molar-refractivity contribution in [2.45, 2.75) is 12.8 Å². The Bertz CT molecular complexity index is 572. The summed E-state index contributed by atoms with van der Waals surface area (Å²) in [5.41, 5.74) is 1.22. The van der Waals surface area contributed by atoms with Gasteiger partial charge in [0.15, 0.2) is 0 Å². The minimum absolute atomic E-state index is 0.170. The molecule has 1 atom stereocenters. The van der Waals surface area contributed by atoms with Crippen LogP contribution in [0.5, 0.6) is 5.75 Å². The molecule has 0 saturated carbocycles. The zero-order valence-electron chi connectivity index (χ0n) is 11.6. The molecule has 1 unspecified atom stereocenters. The number of benzene rings is 2. The molecule has 0 saturated heterocycles. The Morgan fingerprint density at radius 3 is 2.57 bits per heavy atom. The molecule has 2 rings (SSSR count). The average molecular weight is 414 g/mol. The Balaban J connectivity index is 1.84. The van der Waals surface area contributed by atoms with Crippen molar-refractivity contribution in [1.29, 1.82) is 0 Å². The van der Waals surface area contributed by atoms with E-state index in [0.717, 1.165) is 27.5 Å². The smallest absolute Gasteiger partial charge is 0.120 e. The van der Waals surface area contributed by atoms with E-state index in [-0.39, 0.29) is 12.5 Å². The molecule has 0 spiro atoms. The normalized spacial score (nSPS) is 12.1. The maximum Gasteiger partial charge on any atom is 0.120 e. The van der Waals surface area contributed by atoms with E-state index in [0.29, 0.717) is 6.61 Å². The fraction of sp³-hybridized carbons (Fsp3) is 0.294. The zero-order valence-corrected chi connectivity index (χ0v) is 14.8. The first-order chi connectivity index (χ1) is 10.2. The predicted molar refractivity (Wildman–Crippen MR) is 92.7 cm³/mol. The summed E-state index contributed by atoms with van der Waals surface area (Å²) in [5.74, 6) is 1.05. The highest BCUT2D eigenvalue weighted by Gasteiger charge is 2.11. The molecular weight excluding hydrogens is 396 g/mol. The molecule has 0 amide bonds. The average Bonchev–Trinajstić information content (AvgIpc) is 2.48. The van der Waals surface area contributed by atoms with Crippen LogP contribution in [0.2, 0.25) is 0 Å². The van der Waals surface area contributed by atoms with Crippen LogP contribution < -0.4 is 4.74 Å². The van der Waals surface area contributed by atoms with Gasteiger partial charge in [-0.25, -0.2) is 0 Å². The highest BCUT2D eigenvalue weighted by Crippen LogP contribution is 2.22. The van der Waals surface area contributed by atoms with E-state index in [9.17, 15) is 5.11 Å². The van der Waals surface area contributed by atoms with Crippen LogP contribution in [0.1, 0.15) is 12.0 Å². The quantitative estimate of drug-likeness (QED) is 0.704. The van der Waals surface area contributed by atoms with Gasteiger partial charge in [0, 0.05) is 15.6 Å². The SMILES string of the molecule is OCC(CCOc1cccc(Br)c1)Cc1ccccc1Br. The van der Waals surface area contributed by atoms with Crippen LogP contribution in [0, 0.1) is 5.92 Å². The first-order valence-corrected chi connectivity index (χ1v) is 8.50. The molecule has 0 aliphatic rings. The monoisotopic (exact) mass is 412 g/mol. The van der Waals surface area contributed by atoms with Crippen molar-refractivity contribution >= 4 is 31.9 Å². The summed E-state index contributed by atoms with van der Waals surface area (Å²) in [4.78, 5) is 0. The maximum absolute atomic E-state index is 9.54. The molecule has 2 nitrogen and oxygen atoms in total. The van der Waals surface area contributed by atoms with Crippen LogP contribution in [0.4, 0.5) is 0 Å². The fourth-order valence-electron chi connectivity index (χ4n) is 2.13. The van der Waals surface area contributed by atoms with Crippen LogP contribution >= 0.6 is 31.9 Å². The van der Waals surface area contributed by atoms with Gasteiger partial charge in [-0.1, -0.05) is 56.1 Å². The number of hydrogen-bond acceptors (Lipinski definition) is 2. The van der Waals surface area contributed by atoms with Crippen LogP contribution in [-0.2, 0) is 6.42 Å². The third kappa shape index (κ3) is 5.46. The van der Waals surface area contributed by atoms with Crippen molar-refractivity contribution in [1.82, 2.24) is 0 Å². The van der Waals surface area contributed by atoms with E-state index >= 15 is 0 Å². The molecule has 2 aromatic rings. The van der Waals surface area contributed by atoms with Gasteiger partial charge in [-0.05, 0) is 48.6 Å². The van der Waals surface area contributed by atoms with Gasteiger partial charge >= 0.3 is 0 Å². The van der Waals surface area contributed by atoms with E-state index in [1.165, 1.54) is 5.56 Å². The summed E-state index contributed by atoms with van der Waals surface area (Å²) in [5, 5.41) is 9.54. The highest BCUT2D eigenvalue weighted by atomic mass is 79.9. The third-order valence-electron chi connectivity index (χ3n) is 3.32. The van der Waals surface area contributed by atoms with E-state index in [1.807, 2.05) is 42.5 Å². The van der Waals surface area contributed by atoms with E-state index < -0.39 is 0 Å². The van der Waals surface area contributed by atoms with Gasteiger partial charge in [-0.15, -0.1) is 0 Å². The van der Waals surface area contributed by atoms with Crippen molar-refractivity contribution in [3.63, 3.8) is 0 Å². The van der Waals surface area contributed by atoms with Gasteiger partial charge in [-0.3, -0.25) is 0 Å². The lowest BCUT2D eigenvalue weighted by atomic mass is 9.97. The Kier molecular flexibility index (Phi) is 6.74. The molecule has 0 radical (unpaired) electrons. The molecule has 1 N–H and O–H groups in total. The minimum Gasteiger partial charge on any atom is -0.494 e. The second-order valence-electron chi connectivity index (χ2n) is 4.94. The van der Waals surface area contributed by atoms with Crippen molar-refractivity contribution in [2.24, 2.45) is 5.92 Å². The summed E-state index contributed by atoms with van der Waals surface area (Å²) >= 11 is 6.97. The van der Waals surface area contributed by atoms with E-state index in [2.05, 4.69) is 37.9 Å². The van der Waals surface area contributed by atoms with Gasteiger partial charge in [0.25, 0.3) is 0 Å². The van der Waals surface area contributed by atoms with Crippen LogP contribution in [0.15, 0.2) is 57.5 Å². The minimum atomic E-state index is 0.170. The standard InChI is InChI=1S/C17H18Br2O2/c18-15-5-3-6-16(11-15)21-9-8-13(12-20)10-14-4-1-2-7-17(14)19/h1-7,11,13,20H,8-10,12H2. The van der Waals surface area contributed by atoms with Gasteiger partial charge in [0.2, 0.25) is 0 Å². The lowest BCUT2D eigenvalue weighted by Crippen LogP contribution is -2.14. The van der Waals surface area contributed by atoms with Gasteiger partial charge in [0.1, 0.15) is 5.75 Å². The van der Waals surface area contributed by atoms with Gasteiger partial charge < -0.3 is 9.84 Å². The van der Waals surface area contributed by atoms with Gasteiger partial charge in [0.05, 0.1) is 6.61 Å². The van der Waals surface area contributed by atoms with E-state index in [4.69, 9.17) is 4.74 Å². The Morgan fingerprint density at radius 1 is 1.05 bits per heavy atom. The first kappa shape index (κ1) is 16.5. The summed E-state index contributed by atoms with van der Waals surface area (Å²) in [6, 6.07) is 15.9. The lowest BCUT2D eigenvalue weighted by Gasteiger charge is -2.15. The maximum atomic E-state index is 9.54. The molecular formula is C17H18Br2O2. The summed E-state index contributed by atoms with van der Waals surface area (Å²) in [6.07, 6.45) is 1.67. The Morgan fingerprint density at radius 2 is 1.86 bits per heavy atom. The second kappa shape index (κ2) is 8.57. The zero-order chi connectivity index (χ0) is 15.1. The molecule has 0 aliphatic heterocycles. The number of aliphatic hydroxyl groups is 1. The number of hydrogen-bond donors (Lipinski definition) is 1. The van der Waals surface area contributed by atoms with Crippen LogP contribution in [0.25, 0.3) is 0 Å². The fourth-order valence-corrected chi connectivity index (χ4v) is 2.96. The Hall–Kier alpha value is -0.840.